The molecule has 0 N–H and O–H groups in total. The SMILES string of the molecule is CC1(Cl)C(Br)=C(Cl)C=CC1[C]=O. The zero-order chi connectivity index (χ0) is 9.35. The third-order valence-electron chi connectivity index (χ3n) is 1.78. The van der Waals surface area contributed by atoms with Gasteiger partial charge >= 0.3 is 0 Å². The zero-order valence-corrected chi connectivity index (χ0v) is 9.37. The van der Waals surface area contributed by atoms with Gasteiger partial charge in [-0.25, -0.2) is 0 Å². The number of alkyl halides is 1. The van der Waals surface area contributed by atoms with Gasteiger partial charge in [0.2, 0.25) is 6.29 Å². The van der Waals surface area contributed by atoms with Gasteiger partial charge in [0.1, 0.15) is 0 Å². The number of rotatable bonds is 1. The van der Waals surface area contributed by atoms with E-state index >= 15 is 0 Å². The molecule has 65 valence electrons. The van der Waals surface area contributed by atoms with Gasteiger partial charge in [-0.1, -0.05) is 33.6 Å². The molecule has 0 spiro atoms. The summed E-state index contributed by atoms with van der Waals surface area (Å²) in [5.41, 5.74) is 0. The summed E-state index contributed by atoms with van der Waals surface area (Å²) >= 11 is 15.1. The fraction of sp³-hybridized carbons (Fsp3) is 0.375. The van der Waals surface area contributed by atoms with Crippen LogP contribution in [0.15, 0.2) is 21.7 Å². The Labute approximate surface area is 89.5 Å². The normalized spacial score (nSPS) is 35.5. The molecule has 0 aliphatic heterocycles. The van der Waals surface area contributed by atoms with Crippen LogP contribution < -0.4 is 0 Å². The minimum absolute atomic E-state index is 0.448. The van der Waals surface area contributed by atoms with Crippen LogP contribution in [0.2, 0.25) is 0 Å². The van der Waals surface area contributed by atoms with E-state index in [4.69, 9.17) is 23.2 Å². The van der Waals surface area contributed by atoms with Crippen LogP contribution in [0, 0.1) is 5.92 Å². The predicted octanol–water partition coefficient (Wildman–Crippen LogP) is 3.12. The average Bonchev–Trinajstić information content (AvgIpc) is 2.01. The second kappa shape index (κ2) is 3.52. The minimum atomic E-state index is -0.798. The third-order valence-corrected chi connectivity index (χ3v) is 4.23. The Balaban J connectivity index is 3.10. The maximum absolute atomic E-state index is 10.5. The number of hydrogen-bond donors (Lipinski definition) is 0. The third kappa shape index (κ3) is 1.61. The number of carbonyl (C=O) groups excluding carboxylic acids is 1. The van der Waals surface area contributed by atoms with Crippen molar-refractivity contribution in [3.63, 3.8) is 0 Å². The first-order valence-corrected chi connectivity index (χ1v) is 4.85. The Kier molecular flexibility index (Phi) is 3.02. The Bertz CT molecular complexity index is 268. The van der Waals surface area contributed by atoms with Crippen LogP contribution in [0.4, 0.5) is 0 Å². The molecule has 2 unspecified atom stereocenters. The highest BCUT2D eigenvalue weighted by molar-refractivity contribution is 9.11. The lowest BCUT2D eigenvalue weighted by molar-refractivity contribution is 0.520. The highest BCUT2D eigenvalue weighted by Gasteiger charge is 2.37. The second-order valence-electron chi connectivity index (χ2n) is 2.69. The molecule has 4 heteroatoms. The Morgan fingerprint density at radius 2 is 2.33 bits per heavy atom. The number of halogens is 3. The van der Waals surface area contributed by atoms with E-state index in [2.05, 4.69) is 15.9 Å². The highest BCUT2D eigenvalue weighted by Crippen LogP contribution is 2.42. The molecule has 1 rings (SSSR count). The molecule has 0 aromatic carbocycles. The lowest BCUT2D eigenvalue weighted by Gasteiger charge is -2.28. The van der Waals surface area contributed by atoms with E-state index in [1.165, 1.54) is 0 Å². The van der Waals surface area contributed by atoms with Crippen molar-refractivity contribution in [2.75, 3.05) is 0 Å². The van der Waals surface area contributed by atoms with Crippen molar-refractivity contribution in [3.8, 4) is 0 Å². The number of hydrogen-bond acceptors (Lipinski definition) is 1. The Morgan fingerprint density at radius 1 is 1.75 bits per heavy atom. The summed E-state index contributed by atoms with van der Waals surface area (Å²) in [6.07, 6.45) is 5.14. The van der Waals surface area contributed by atoms with Gasteiger partial charge in [-0.15, -0.1) is 11.6 Å². The fourth-order valence-electron chi connectivity index (χ4n) is 0.955. The van der Waals surface area contributed by atoms with Crippen LogP contribution in [-0.4, -0.2) is 11.2 Å². The van der Waals surface area contributed by atoms with Gasteiger partial charge in [-0.05, 0) is 13.0 Å². The molecule has 0 saturated carbocycles. The minimum Gasteiger partial charge on any atom is -0.290 e. The molecule has 1 aliphatic carbocycles. The summed E-state index contributed by atoms with van der Waals surface area (Å²) < 4.78 is 0.634. The maximum Gasteiger partial charge on any atom is 0.208 e. The van der Waals surface area contributed by atoms with Crippen molar-refractivity contribution in [2.45, 2.75) is 11.8 Å². The smallest absolute Gasteiger partial charge is 0.208 e. The summed E-state index contributed by atoms with van der Waals surface area (Å²) in [5, 5.41) is 0.527. The Hall–Kier alpha value is 0.210. The van der Waals surface area contributed by atoms with Crippen molar-refractivity contribution in [2.24, 2.45) is 5.92 Å². The molecule has 0 aromatic rings. The van der Waals surface area contributed by atoms with Crippen molar-refractivity contribution in [3.05, 3.63) is 21.7 Å². The molecule has 0 fully saturated rings. The predicted molar refractivity (Wildman–Crippen MR) is 54.4 cm³/mol. The standard InChI is InChI=1S/C8H6BrCl2O/c1-8(11)5(4-12)2-3-6(10)7(8)9/h2-3,5H,1H3. The first kappa shape index (κ1) is 10.3. The molecule has 0 saturated heterocycles. The summed E-state index contributed by atoms with van der Waals surface area (Å²) in [6, 6.07) is 0. The van der Waals surface area contributed by atoms with E-state index in [0.717, 1.165) is 0 Å². The van der Waals surface area contributed by atoms with Crippen LogP contribution in [0.25, 0.3) is 0 Å². The van der Waals surface area contributed by atoms with Crippen LogP contribution in [0.1, 0.15) is 6.92 Å². The highest BCUT2D eigenvalue weighted by atomic mass is 79.9. The molecule has 0 aromatic heterocycles. The summed E-state index contributed by atoms with van der Waals surface area (Å²) in [5.74, 6) is -0.448. The van der Waals surface area contributed by atoms with E-state index in [1.807, 2.05) is 6.29 Å². The van der Waals surface area contributed by atoms with Gasteiger partial charge < -0.3 is 0 Å². The van der Waals surface area contributed by atoms with Gasteiger partial charge in [0, 0.05) is 4.48 Å². The lowest BCUT2D eigenvalue weighted by atomic mass is 9.90. The first-order chi connectivity index (χ1) is 5.50. The van der Waals surface area contributed by atoms with Gasteiger partial charge in [0.05, 0.1) is 15.8 Å². The quantitative estimate of drug-likeness (QED) is 0.668. The molecule has 0 heterocycles. The fourth-order valence-corrected chi connectivity index (χ4v) is 1.87. The van der Waals surface area contributed by atoms with E-state index < -0.39 is 10.8 Å². The van der Waals surface area contributed by atoms with Crippen LogP contribution in [0.3, 0.4) is 0 Å². The number of allylic oxidation sites excluding steroid dienone is 4. The lowest BCUT2D eigenvalue weighted by Crippen LogP contribution is -2.30. The van der Waals surface area contributed by atoms with Crippen molar-refractivity contribution >= 4 is 45.4 Å². The molecule has 1 radical (unpaired) electrons. The molecule has 12 heavy (non-hydrogen) atoms. The summed E-state index contributed by atoms with van der Waals surface area (Å²) in [7, 11) is 0. The average molecular weight is 269 g/mol. The van der Waals surface area contributed by atoms with E-state index in [9.17, 15) is 4.79 Å². The molecule has 1 nitrogen and oxygen atoms in total. The van der Waals surface area contributed by atoms with Crippen molar-refractivity contribution < 1.29 is 4.79 Å². The van der Waals surface area contributed by atoms with E-state index in [-0.39, 0.29) is 0 Å². The van der Waals surface area contributed by atoms with Crippen LogP contribution >= 0.6 is 39.1 Å². The van der Waals surface area contributed by atoms with Gasteiger partial charge in [0.15, 0.2) is 0 Å². The van der Waals surface area contributed by atoms with Gasteiger partial charge in [0.25, 0.3) is 0 Å². The molecule has 0 bridgehead atoms. The topological polar surface area (TPSA) is 17.1 Å². The van der Waals surface area contributed by atoms with Crippen molar-refractivity contribution in [1.82, 2.24) is 0 Å². The van der Waals surface area contributed by atoms with Gasteiger partial charge in [-0.2, -0.15) is 0 Å². The summed E-state index contributed by atoms with van der Waals surface area (Å²) in [4.78, 5) is 9.68. The molecule has 0 amide bonds. The monoisotopic (exact) mass is 267 g/mol. The van der Waals surface area contributed by atoms with Crippen LogP contribution in [-0.2, 0) is 4.79 Å². The van der Waals surface area contributed by atoms with E-state index in [1.54, 1.807) is 19.1 Å². The molecular weight excluding hydrogens is 263 g/mol. The zero-order valence-electron chi connectivity index (χ0n) is 6.27. The molecule has 1 aliphatic rings. The largest absolute Gasteiger partial charge is 0.290 e. The summed E-state index contributed by atoms with van der Waals surface area (Å²) in [6.45, 7) is 1.72. The maximum atomic E-state index is 10.5. The van der Waals surface area contributed by atoms with Crippen molar-refractivity contribution in [1.29, 1.82) is 0 Å². The second-order valence-corrected chi connectivity index (χ2v) is 4.68. The van der Waals surface area contributed by atoms with Crippen LogP contribution in [0.5, 0.6) is 0 Å². The van der Waals surface area contributed by atoms with E-state index in [0.29, 0.717) is 9.51 Å². The molecular formula is C8H6BrCl2O. The molecule has 2 atom stereocenters. The first-order valence-electron chi connectivity index (χ1n) is 3.30. The Morgan fingerprint density at radius 3 is 2.83 bits per heavy atom. The van der Waals surface area contributed by atoms with Gasteiger partial charge in [-0.3, -0.25) is 4.79 Å².